The van der Waals surface area contributed by atoms with Crippen LogP contribution in [-0.2, 0) is 4.74 Å². The molecule has 0 saturated carbocycles. The molecule has 4 nitrogen and oxygen atoms in total. The van der Waals surface area contributed by atoms with E-state index in [1.165, 1.54) is 19.2 Å². The fourth-order valence-electron chi connectivity index (χ4n) is 2.77. The normalized spacial score (nSPS) is 16.2. The van der Waals surface area contributed by atoms with E-state index in [0.29, 0.717) is 13.2 Å². The predicted molar refractivity (Wildman–Crippen MR) is 85.1 cm³/mol. The fourth-order valence-corrected chi connectivity index (χ4v) is 2.77. The zero-order valence-electron chi connectivity index (χ0n) is 12.8. The Morgan fingerprint density at radius 2 is 2.09 bits per heavy atom. The van der Waals surface area contributed by atoms with E-state index in [-0.39, 0.29) is 11.7 Å². The summed E-state index contributed by atoms with van der Waals surface area (Å²) in [7, 11) is 1.53. The van der Waals surface area contributed by atoms with Crippen LogP contribution < -0.4 is 10.1 Å². The summed E-state index contributed by atoms with van der Waals surface area (Å²) in [6.07, 6.45) is 0.351. The van der Waals surface area contributed by atoms with E-state index >= 15 is 0 Å². The standard InChI is InChI=1S/C18H18FNO3/c1-20-18(21)23-11-13-9-10-22-17-15(3-2-4-16(13)17)12-5-7-14(19)8-6-12/h2-8,13H,9-11H2,1H3,(H,20,21). The van der Waals surface area contributed by atoms with Crippen molar-refractivity contribution in [2.24, 2.45) is 0 Å². The molecule has 0 saturated heterocycles. The van der Waals surface area contributed by atoms with Crippen LogP contribution in [0.2, 0.25) is 0 Å². The van der Waals surface area contributed by atoms with Crippen molar-refractivity contribution in [3.05, 3.63) is 53.8 Å². The topological polar surface area (TPSA) is 47.6 Å². The highest BCUT2D eigenvalue weighted by Crippen LogP contribution is 2.41. The maximum Gasteiger partial charge on any atom is 0.406 e. The second-order valence-corrected chi connectivity index (χ2v) is 5.41. The van der Waals surface area contributed by atoms with Gasteiger partial charge in [-0.2, -0.15) is 0 Å². The number of hydrogen-bond acceptors (Lipinski definition) is 3. The average molecular weight is 315 g/mol. The Balaban J connectivity index is 1.90. The van der Waals surface area contributed by atoms with Crippen molar-refractivity contribution in [1.29, 1.82) is 0 Å². The summed E-state index contributed by atoms with van der Waals surface area (Å²) < 4.78 is 24.2. The molecule has 2 aromatic rings. The number of ether oxygens (including phenoxy) is 2. The van der Waals surface area contributed by atoms with E-state index in [4.69, 9.17) is 9.47 Å². The van der Waals surface area contributed by atoms with Crippen LogP contribution >= 0.6 is 0 Å². The highest BCUT2D eigenvalue weighted by Gasteiger charge is 2.25. The molecule has 0 fully saturated rings. The summed E-state index contributed by atoms with van der Waals surface area (Å²) in [6.45, 7) is 0.871. The third-order valence-electron chi connectivity index (χ3n) is 3.97. The number of para-hydroxylation sites is 1. The molecule has 0 spiro atoms. The Morgan fingerprint density at radius 1 is 1.30 bits per heavy atom. The van der Waals surface area contributed by atoms with Gasteiger partial charge in [-0.3, -0.25) is 0 Å². The maximum absolute atomic E-state index is 13.1. The Labute approximate surface area is 134 Å². The molecule has 2 aromatic carbocycles. The number of benzene rings is 2. The number of carbonyl (C=O) groups excluding carboxylic acids is 1. The summed E-state index contributed by atoms with van der Waals surface area (Å²) in [5.41, 5.74) is 2.84. The zero-order valence-corrected chi connectivity index (χ0v) is 12.8. The lowest BCUT2D eigenvalue weighted by atomic mass is 9.90. The van der Waals surface area contributed by atoms with Gasteiger partial charge in [0.15, 0.2) is 0 Å². The monoisotopic (exact) mass is 315 g/mol. The molecule has 0 bridgehead atoms. The third-order valence-corrected chi connectivity index (χ3v) is 3.97. The molecule has 1 unspecified atom stereocenters. The van der Waals surface area contributed by atoms with Crippen molar-refractivity contribution in [2.75, 3.05) is 20.3 Å². The van der Waals surface area contributed by atoms with E-state index in [1.807, 2.05) is 18.2 Å². The molecule has 1 aliphatic rings. The van der Waals surface area contributed by atoms with Gasteiger partial charge in [-0.15, -0.1) is 0 Å². The molecule has 1 atom stereocenters. The van der Waals surface area contributed by atoms with Gasteiger partial charge >= 0.3 is 6.09 Å². The summed E-state index contributed by atoms with van der Waals surface area (Å²) in [5.74, 6) is 0.614. The van der Waals surface area contributed by atoms with Gasteiger partial charge in [0, 0.05) is 24.1 Å². The van der Waals surface area contributed by atoms with Crippen molar-refractivity contribution >= 4 is 6.09 Å². The number of amides is 1. The summed E-state index contributed by atoms with van der Waals surface area (Å²) in [6, 6.07) is 12.2. The van der Waals surface area contributed by atoms with E-state index in [1.54, 1.807) is 12.1 Å². The van der Waals surface area contributed by atoms with Gasteiger partial charge < -0.3 is 14.8 Å². The number of rotatable bonds is 3. The highest BCUT2D eigenvalue weighted by molar-refractivity contribution is 5.73. The van der Waals surface area contributed by atoms with Crippen LogP contribution in [0.3, 0.4) is 0 Å². The van der Waals surface area contributed by atoms with E-state index in [9.17, 15) is 9.18 Å². The smallest absolute Gasteiger partial charge is 0.406 e. The molecule has 3 rings (SSSR count). The van der Waals surface area contributed by atoms with Crippen LogP contribution in [0.15, 0.2) is 42.5 Å². The Bertz CT molecular complexity index is 700. The molecule has 1 aliphatic heterocycles. The van der Waals surface area contributed by atoms with Gasteiger partial charge in [-0.05, 0) is 24.1 Å². The Morgan fingerprint density at radius 3 is 2.83 bits per heavy atom. The molecule has 1 N–H and O–H groups in total. The van der Waals surface area contributed by atoms with Crippen LogP contribution in [-0.4, -0.2) is 26.4 Å². The SMILES string of the molecule is CNC(=O)OCC1CCOc2c(-c3ccc(F)cc3)cccc21. The first-order chi connectivity index (χ1) is 11.2. The number of carbonyl (C=O) groups is 1. The van der Waals surface area contributed by atoms with Gasteiger partial charge in [0.25, 0.3) is 0 Å². The molecule has 5 heteroatoms. The average Bonchev–Trinajstić information content (AvgIpc) is 2.59. The second kappa shape index (κ2) is 6.69. The summed E-state index contributed by atoms with van der Waals surface area (Å²) >= 11 is 0. The maximum atomic E-state index is 13.1. The van der Waals surface area contributed by atoms with E-state index < -0.39 is 6.09 Å². The first-order valence-corrected chi connectivity index (χ1v) is 7.55. The molecule has 1 amide bonds. The highest BCUT2D eigenvalue weighted by atomic mass is 19.1. The lowest BCUT2D eigenvalue weighted by Gasteiger charge is -2.27. The fraction of sp³-hybridized carbons (Fsp3) is 0.278. The van der Waals surface area contributed by atoms with E-state index in [2.05, 4.69) is 5.32 Å². The Hall–Kier alpha value is -2.56. The van der Waals surface area contributed by atoms with E-state index in [0.717, 1.165) is 28.9 Å². The lowest BCUT2D eigenvalue weighted by molar-refractivity contribution is 0.131. The molecule has 0 aliphatic carbocycles. The number of alkyl carbamates (subject to hydrolysis) is 1. The number of nitrogens with one attached hydrogen (secondary N) is 1. The summed E-state index contributed by atoms with van der Waals surface area (Å²) in [4.78, 5) is 11.3. The van der Waals surface area contributed by atoms with Crippen LogP contribution in [0, 0.1) is 5.82 Å². The van der Waals surface area contributed by atoms with Crippen LogP contribution in [0.4, 0.5) is 9.18 Å². The van der Waals surface area contributed by atoms with Gasteiger partial charge in [0.05, 0.1) is 6.61 Å². The van der Waals surface area contributed by atoms with Gasteiger partial charge in [0.1, 0.15) is 18.2 Å². The third kappa shape index (κ3) is 3.28. The zero-order chi connectivity index (χ0) is 16.2. The van der Waals surface area contributed by atoms with Crippen LogP contribution in [0.25, 0.3) is 11.1 Å². The quantitative estimate of drug-likeness (QED) is 0.939. The van der Waals surface area contributed by atoms with Crippen molar-refractivity contribution in [3.63, 3.8) is 0 Å². The number of fused-ring (bicyclic) bond motifs is 1. The number of hydrogen-bond donors (Lipinski definition) is 1. The van der Waals surface area contributed by atoms with Gasteiger partial charge in [-0.25, -0.2) is 9.18 Å². The molecule has 0 aromatic heterocycles. The van der Waals surface area contributed by atoms with Crippen molar-refractivity contribution in [3.8, 4) is 16.9 Å². The molecule has 1 heterocycles. The first kappa shape index (κ1) is 15.3. The van der Waals surface area contributed by atoms with Gasteiger partial charge in [-0.1, -0.05) is 30.3 Å². The molecular weight excluding hydrogens is 297 g/mol. The minimum absolute atomic E-state index is 0.0939. The molecule has 120 valence electrons. The second-order valence-electron chi connectivity index (χ2n) is 5.41. The molecule has 0 radical (unpaired) electrons. The molecule has 23 heavy (non-hydrogen) atoms. The minimum Gasteiger partial charge on any atom is -0.493 e. The Kier molecular flexibility index (Phi) is 4.46. The summed E-state index contributed by atoms with van der Waals surface area (Å²) in [5, 5.41) is 2.44. The largest absolute Gasteiger partial charge is 0.493 e. The molecular formula is C18H18FNO3. The van der Waals surface area contributed by atoms with Gasteiger partial charge in [0.2, 0.25) is 0 Å². The van der Waals surface area contributed by atoms with Crippen LogP contribution in [0.5, 0.6) is 5.75 Å². The minimum atomic E-state index is -0.437. The van der Waals surface area contributed by atoms with Crippen molar-refractivity contribution in [1.82, 2.24) is 5.32 Å². The lowest BCUT2D eigenvalue weighted by Crippen LogP contribution is -2.24. The van der Waals surface area contributed by atoms with Crippen molar-refractivity contribution < 1.29 is 18.7 Å². The number of halogens is 1. The predicted octanol–water partition coefficient (Wildman–Crippen LogP) is 3.71. The van der Waals surface area contributed by atoms with Crippen LogP contribution in [0.1, 0.15) is 17.9 Å². The van der Waals surface area contributed by atoms with Crippen molar-refractivity contribution in [2.45, 2.75) is 12.3 Å². The first-order valence-electron chi connectivity index (χ1n) is 7.55.